The van der Waals surface area contributed by atoms with Gasteiger partial charge in [0.1, 0.15) is 18.5 Å². The maximum Gasteiger partial charge on any atom is 0.325 e. The zero-order valence-corrected chi connectivity index (χ0v) is 77.3. The Morgan fingerprint density at radius 1 is 0.392 bits per heavy atom. The normalized spacial score (nSPS) is 17.6. The summed E-state index contributed by atoms with van der Waals surface area (Å²) in [6.45, 7) is 69.5. The second-order valence-electron chi connectivity index (χ2n) is 41.3. The SMILES string of the molecule is C=CCc1ccc(C(C)(C)C)cc1.C=Cc1ccc(C(C)(C)C)cc1.C=Cc1ccc(COc2ccc(C(C)(C)C)cc2)cc1.CC(C)(C)c1ccc(C(F)=C(F)F)cc1.CC(C)(C)c1ccc(C2(F)C(C)(F)C2(F)F)cc1.CC(C)(C)c1ccc(C2CC2)cc1.CC(C)(C)c1ccc(C2CO2)cc1.CC1(Cc2ccc(C(C)(C)C)cc2)COC1. The van der Waals surface area contributed by atoms with Crippen LogP contribution in [-0.2, 0) is 77.9 Å². The summed E-state index contributed by atoms with van der Waals surface area (Å²) in [5, 5.41) is 0. The van der Waals surface area contributed by atoms with E-state index in [1.165, 1.54) is 98.3 Å². The Morgan fingerprint density at radius 3 is 0.975 bits per heavy atom. The summed E-state index contributed by atoms with van der Waals surface area (Å²) in [5.74, 6) is -3.61. The van der Waals surface area contributed by atoms with Crippen molar-refractivity contribution in [2.24, 2.45) is 5.41 Å². The zero-order chi connectivity index (χ0) is 90.1. The molecule has 10 heteroatoms. The molecule has 0 spiro atoms. The molecule has 9 aromatic carbocycles. The first kappa shape index (κ1) is 100.0. The first-order valence-corrected chi connectivity index (χ1v) is 42.4. The van der Waals surface area contributed by atoms with Crippen molar-refractivity contribution in [3.63, 3.8) is 0 Å². The molecule has 13 rings (SSSR count). The van der Waals surface area contributed by atoms with Crippen LogP contribution in [-0.4, -0.2) is 31.4 Å². The summed E-state index contributed by atoms with van der Waals surface area (Å²) in [5.41, 5.74) is 14.2. The average molecular weight is 1640 g/mol. The Balaban J connectivity index is 0.000000214. The van der Waals surface area contributed by atoms with Gasteiger partial charge in [-0.1, -0.05) is 411 Å². The number of ether oxygens (including phenoxy) is 3. The first-order valence-electron chi connectivity index (χ1n) is 42.4. The number of rotatable bonds is 13. The molecule has 3 nitrogen and oxygen atoms in total. The van der Waals surface area contributed by atoms with Crippen LogP contribution >= 0.6 is 0 Å². The highest BCUT2D eigenvalue weighted by Gasteiger charge is 2.94. The van der Waals surface area contributed by atoms with Crippen LogP contribution in [0, 0.1) is 5.41 Å². The van der Waals surface area contributed by atoms with Gasteiger partial charge in [0.05, 0.1) is 19.8 Å². The Hall–Kier alpha value is -8.83. The Bertz CT molecular complexity index is 4590. The lowest BCUT2D eigenvalue weighted by Gasteiger charge is -2.38. The van der Waals surface area contributed by atoms with Gasteiger partial charge in [0.15, 0.2) is 5.83 Å². The van der Waals surface area contributed by atoms with E-state index >= 15 is 0 Å². The van der Waals surface area contributed by atoms with E-state index < -0.39 is 29.2 Å². The molecule has 3 unspecified atom stereocenters. The maximum absolute atomic E-state index is 14.1. The van der Waals surface area contributed by atoms with E-state index in [4.69, 9.17) is 14.2 Å². The van der Waals surface area contributed by atoms with Crippen LogP contribution in [0.15, 0.2) is 250 Å². The molecule has 4 aliphatic rings. The predicted octanol–water partition coefficient (Wildman–Crippen LogP) is 32.1. The largest absolute Gasteiger partial charge is 0.489 e. The van der Waals surface area contributed by atoms with Crippen molar-refractivity contribution in [3.05, 3.63) is 345 Å². The quantitative estimate of drug-likeness (QED) is 0.0655. The van der Waals surface area contributed by atoms with E-state index in [0.29, 0.717) is 30.5 Å². The van der Waals surface area contributed by atoms with Crippen LogP contribution in [0.3, 0.4) is 0 Å². The van der Waals surface area contributed by atoms with Crippen molar-refractivity contribution in [3.8, 4) is 5.75 Å². The van der Waals surface area contributed by atoms with E-state index in [-0.39, 0.29) is 49.0 Å². The summed E-state index contributed by atoms with van der Waals surface area (Å²) in [7, 11) is 0. The molecule has 0 N–H and O–H groups in total. The lowest BCUT2D eigenvalue weighted by atomic mass is 9.80. The summed E-state index contributed by atoms with van der Waals surface area (Å²) in [4.78, 5) is 0. The van der Waals surface area contributed by atoms with Crippen LogP contribution in [0.25, 0.3) is 18.0 Å². The van der Waals surface area contributed by atoms with Crippen LogP contribution in [0.1, 0.15) is 299 Å². The fourth-order valence-corrected chi connectivity index (χ4v) is 13.1. The minimum Gasteiger partial charge on any atom is -0.489 e. The van der Waals surface area contributed by atoms with E-state index in [9.17, 15) is 30.7 Å². The lowest BCUT2D eigenvalue weighted by Crippen LogP contribution is -2.41. The van der Waals surface area contributed by atoms with Crippen molar-refractivity contribution in [2.45, 2.75) is 285 Å². The number of epoxide rings is 1. The smallest absolute Gasteiger partial charge is 0.325 e. The number of halogens is 7. The standard InChI is InChI=1S/C19H22O.C15H22O.C14H16F4.2C13H18.C12H13F3.C12H16O.C12H16/c1-5-15-6-8-16(9-7-15)14-20-18-12-10-17(11-13-18)19(2,3)4;1-14(2,3)13-7-5-12(6-8-13)9-15(4)10-16-11-15;1-11(2,3)9-5-7-10(8-6-9)13(16)12(4,15)14(13,17)18;1-13(2,3)12-8-6-11(7-9-12)10-4-5-10;1-5-6-11-7-9-12(10-8-11)13(2,3)4;1-12(2,3)9-6-4-8(5-7-9)10(13)11(14)15;1-12(2,3)10-6-4-9(5-7-10)11-8-13-11;1-5-10-6-8-11(9-7-10)12(2,3)4/h5-13H,1,14H2,2-4H3;5-8H,9-11H2,1-4H3;5-8H,1-4H3;6-10H,4-5H2,1-3H3;5,7-10H,1,6H2,2-4H3;4-7H,1-3H3;4-7,11H,8H2,1-3H3;5-9H,1H2,2-4H3. The average Bonchev–Trinajstić information content (AvgIpc) is 1.49. The molecule has 2 saturated carbocycles. The molecule has 2 heterocycles. The van der Waals surface area contributed by atoms with E-state index in [0.717, 1.165) is 66.6 Å². The first-order chi connectivity index (χ1) is 55.4. The minimum absolute atomic E-state index is 0.0625. The third kappa shape index (κ3) is 29.8. The van der Waals surface area contributed by atoms with Gasteiger partial charge >= 0.3 is 12.0 Å². The Labute approximate surface area is 719 Å². The highest BCUT2D eigenvalue weighted by Crippen LogP contribution is 2.72. The molecule has 648 valence electrons. The molecule has 0 aromatic heterocycles. The van der Waals surface area contributed by atoms with Gasteiger partial charge in [0, 0.05) is 11.0 Å². The van der Waals surface area contributed by atoms with Gasteiger partial charge in [0.2, 0.25) is 11.3 Å². The van der Waals surface area contributed by atoms with Crippen molar-refractivity contribution in [2.75, 3.05) is 19.8 Å². The third-order valence-corrected chi connectivity index (χ3v) is 22.1. The molecule has 2 aliphatic heterocycles. The number of alkyl halides is 4. The van der Waals surface area contributed by atoms with Crippen molar-refractivity contribution < 1.29 is 44.9 Å². The van der Waals surface area contributed by atoms with Gasteiger partial charge in [0.25, 0.3) is 0 Å². The molecule has 2 aliphatic carbocycles. The summed E-state index contributed by atoms with van der Waals surface area (Å²) in [6.07, 6.45) is 8.65. The van der Waals surface area contributed by atoms with Gasteiger partial charge < -0.3 is 14.2 Å². The topological polar surface area (TPSA) is 31.0 Å². The second kappa shape index (κ2) is 40.9. The molecular formula is C110H141F7O3. The van der Waals surface area contributed by atoms with Crippen molar-refractivity contribution in [1.82, 2.24) is 0 Å². The Morgan fingerprint density at radius 2 is 0.683 bits per heavy atom. The fourth-order valence-electron chi connectivity index (χ4n) is 13.1. The van der Waals surface area contributed by atoms with Gasteiger partial charge in [-0.05, 0) is 183 Å². The third-order valence-electron chi connectivity index (χ3n) is 22.1. The number of hydrogen-bond donors (Lipinski definition) is 0. The van der Waals surface area contributed by atoms with Crippen molar-refractivity contribution in [1.29, 1.82) is 0 Å². The Kier molecular flexibility index (Phi) is 34.1. The van der Waals surface area contributed by atoms with Crippen LogP contribution in [0.4, 0.5) is 30.7 Å². The van der Waals surface area contributed by atoms with Crippen LogP contribution in [0.2, 0.25) is 0 Å². The summed E-state index contributed by atoms with van der Waals surface area (Å²) < 4.78 is 107. The van der Waals surface area contributed by atoms with Crippen molar-refractivity contribution >= 4 is 18.0 Å². The molecule has 0 amide bonds. The van der Waals surface area contributed by atoms with Gasteiger partial charge in [-0.3, -0.25) is 0 Å². The molecule has 120 heavy (non-hydrogen) atoms. The second-order valence-corrected chi connectivity index (χ2v) is 41.3. The molecule has 0 radical (unpaired) electrons. The summed E-state index contributed by atoms with van der Waals surface area (Å²) >= 11 is 0. The molecule has 2 saturated heterocycles. The molecule has 0 bridgehead atoms. The number of hydrogen-bond acceptors (Lipinski definition) is 3. The highest BCUT2D eigenvalue weighted by atomic mass is 19.3. The van der Waals surface area contributed by atoms with Gasteiger partial charge in [-0.15, -0.1) is 6.58 Å². The predicted molar refractivity (Wildman–Crippen MR) is 497 cm³/mol. The summed E-state index contributed by atoms with van der Waals surface area (Å²) in [6, 6.07) is 72.6. The van der Waals surface area contributed by atoms with E-state index in [2.05, 4.69) is 297 Å². The fraction of sp³-hybridized carbons (Fsp3) is 0.436. The molecule has 3 atom stereocenters. The minimum atomic E-state index is -3.96. The number of benzene rings is 9. The molecule has 4 fully saturated rings. The molecule has 9 aromatic rings. The number of allylic oxidation sites excluding steroid dienone is 1. The van der Waals surface area contributed by atoms with Gasteiger partial charge in [-0.25, -0.2) is 13.2 Å². The lowest BCUT2D eigenvalue weighted by molar-refractivity contribution is -0.100. The maximum atomic E-state index is 14.1. The van der Waals surface area contributed by atoms with Crippen LogP contribution < -0.4 is 4.74 Å². The van der Waals surface area contributed by atoms with E-state index in [1.807, 2.05) is 84.0 Å². The van der Waals surface area contributed by atoms with E-state index in [1.54, 1.807) is 24.3 Å². The zero-order valence-electron chi connectivity index (χ0n) is 77.3. The van der Waals surface area contributed by atoms with Crippen LogP contribution in [0.5, 0.6) is 5.75 Å². The van der Waals surface area contributed by atoms with Gasteiger partial charge in [-0.2, -0.15) is 17.6 Å². The monoisotopic (exact) mass is 1640 g/mol. The molecular weight excluding hydrogens is 1500 g/mol. The highest BCUT2D eigenvalue weighted by molar-refractivity contribution is 5.60.